The van der Waals surface area contributed by atoms with E-state index in [1.807, 2.05) is 67.6 Å². The first-order valence-electron chi connectivity index (χ1n) is 14.0. The highest BCUT2D eigenvalue weighted by Crippen LogP contribution is 2.42. The molecule has 0 radical (unpaired) electrons. The number of fused-ring (bicyclic) bond motifs is 4. The van der Waals surface area contributed by atoms with Crippen molar-refractivity contribution >= 4 is 34.7 Å². The number of benzene rings is 3. The van der Waals surface area contributed by atoms with Gasteiger partial charge in [0, 0.05) is 30.6 Å². The number of hydrogen-bond acceptors (Lipinski definition) is 5. The summed E-state index contributed by atoms with van der Waals surface area (Å²) in [7, 11) is 0. The summed E-state index contributed by atoms with van der Waals surface area (Å²) >= 11 is 0. The van der Waals surface area contributed by atoms with Crippen LogP contribution >= 0.6 is 0 Å². The molecule has 2 N–H and O–H groups in total. The monoisotopic (exact) mass is 534 g/mol. The quantitative estimate of drug-likeness (QED) is 0.451. The van der Waals surface area contributed by atoms with Crippen molar-refractivity contribution < 1.29 is 14.4 Å². The lowest BCUT2D eigenvalue weighted by molar-refractivity contribution is -0.122. The van der Waals surface area contributed by atoms with Crippen LogP contribution in [0.2, 0.25) is 0 Å². The van der Waals surface area contributed by atoms with Gasteiger partial charge < -0.3 is 15.5 Å². The Kier molecular flexibility index (Phi) is 6.98. The summed E-state index contributed by atoms with van der Waals surface area (Å²) in [4.78, 5) is 43.7. The Hall–Kier alpha value is -4.23. The van der Waals surface area contributed by atoms with Gasteiger partial charge in [-0.3, -0.25) is 14.4 Å². The molecule has 4 aliphatic heterocycles. The van der Waals surface area contributed by atoms with Crippen LogP contribution in [0.15, 0.2) is 78.9 Å². The SMILES string of the molecule is CC(=O)N1C(=O)/C(=C(\NC2CN3CCC2CC3)c2ccccc2)c2cc(C(=O)N[C@H](C)c3ccccc3)ccc21. The van der Waals surface area contributed by atoms with Crippen molar-refractivity contribution in [2.75, 3.05) is 24.5 Å². The Morgan fingerprint density at radius 3 is 2.20 bits per heavy atom. The first-order valence-corrected chi connectivity index (χ1v) is 14.0. The topological polar surface area (TPSA) is 81.8 Å². The molecule has 0 spiro atoms. The Bertz CT molecular complexity index is 1480. The average Bonchev–Trinajstić information content (AvgIpc) is 3.28. The maximum Gasteiger partial charge on any atom is 0.267 e. The van der Waals surface area contributed by atoms with E-state index in [4.69, 9.17) is 0 Å². The van der Waals surface area contributed by atoms with E-state index in [2.05, 4.69) is 15.5 Å². The van der Waals surface area contributed by atoms with Crippen molar-refractivity contribution in [1.29, 1.82) is 0 Å². The van der Waals surface area contributed by atoms with Gasteiger partial charge in [0.15, 0.2) is 0 Å². The van der Waals surface area contributed by atoms with E-state index in [1.165, 1.54) is 11.8 Å². The number of carbonyl (C=O) groups is 3. The fourth-order valence-corrected chi connectivity index (χ4v) is 6.29. The van der Waals surface area contributed by atoms with E-state index < -0.39 is 0 Å². The predicted octanol–water partition coefficient (Wildman–Crippen LogP) is 4.62. The second-order valence-corrected chi connectivity index (χ2v) is 11.0. The van der Waals surface area contributed by atoms with Gasteiger partial charge in [-0.1, -0.05) is 60.7 Å². The smallest absolute Gasteiger partial charge is 0.267 e. The average molecular weight is 535 g/mol. The molecule has 4 heterocycles. The minimum absolute atomic E-state index is 0.189. The number of imide groups is 1. The summed E-state index contributed by atoms with van der Waals surface area (Å²) in [5, 5.41) is 6.82. The number of carbonyl (C=O) groups excluding carboxylic acids is 3. The van der Waals surface area contributed by atoms with Crippen LogP contribution in [0.25, 0.3) is 11.3 Å². The zero-order valence-electron chi connectivity index (χ0n) is 22.9. The largest absolute Gasteiger partial charge is 0.380 e. The summed E-state index contributed by atoms with van der Waals surface area (Å²) < 4.78 is 0. The lowest BCUT2D eigenvalue weighted by atomic mass is 9.83. The molecule has 7 nitrogen and oxygen atoms in total. The zero-order valence-corrected chi connectivity index (χ0v) is 22.9. The zero-order chi connectivity index (χ0) is 27.8. The van der Waals surface area contributed by atoms with Gasteiger partial charge in [-0.05, 0) is 68.1 Å². The Balaban J connectivity index is 1.43. The number of nitrogens with one attached hydrogen (secondary N) is 2. The summed E-state index contributed by atoms with van der Waals surface area (Å²) in [6, 6.07) is 24.8. The van der Waals surface area contributed by atoms with Crippen LogP contribution in [0, 0.1) is 5.92 Å². The maximum absolute atomic E-state index is 14.0. The number of piperidine rings is 3. The summed E-state index contributed by atoms with van der Waals surface area (Å²) in [5.41, 5.74) is 4.56. The summed E-state index contributed by atoms with van der Waals surface area (Å²) in [6.07, 6.45) is 2.26. The van der Waals surface area contributed by atoms with Crippen LogP contribution in [-0.2, 0) is 9.59 Å². The van der Waals surface area contributed by atoms with E-state index in [0.717, 1.165) is 43.6 Å². The van der Waals surface area contributed by atoms with Crippen molar-refractivity contribution in [2.24, 2.45) is 5.92 Å². The van der Waals surface area contributed by atoms with Gasteiger partial charge in [0.1, 0.15) is 0 Å². The molecule has 3 aromatic carbocycles. The van der Waals surface area contributed by atoms with Crippen molar-refractivity contribution in [3.63, 3.8) is 0 Å². The fraction of sp³-hybridized carbons (Fsp3) is 0.303. The third-order valence-electron chi connectivity index (χ3n) is 8.45. The Labute approximate surface area is 234 Å². The maximum atomic E-state index is 14.0. The standard InChI is InChI=1S/C33H34N4O3/c1-21(23-9-5-3-6-10-23)34-32(39)26-13-14-29-27(19-26)30(33(40)37(29)22(2)38)31(25-11-7-4-8-12-25)35-28-20-36-17-15-24(28)16-18-36/h3-14,19,21,24,28,35H,15-18,20H2,1-2H3,(H,34,39)/b31-30-/t21-,28?/m1/s1. The van der Waals surface area contributed by atoms with Crippen LogP contribution in [0.5, 0.6) is 0 Å². The molecule has 3 aromatic rings. The minimum atomic E-state index is -0.370. The molecule has 2 bridgehead atoms. The van der Waals surface area contributed by atoms with Gasteiger partial charge >= 0.3 is 0 Å². The van der Waals surface area contributed by atoms with Gasteiger partial charge in [0.2, 0.25) is 5.91 Å². The highest BCUT2D eigenvalue weighted by atomic mass is 16.2. The molecular formula is C33H34N4O3. The van der Waals surface area contributed by atoms with E-state index in [9.17, 15) is 14.4 Å². The van der Waals surface area contributed by atoms with Crippen LogP contribution in [-0.4, -0.2) is 48.3 Å². The molecule has 0 aromatic heterocycles. The molecule has 3 fully saturated rings. The molecule has 7 rings (SSSR count). The van der Waals surface area contributed by atoms with Crippen molar-refractivity contribution in [2.45, 2.75) is 38.8 Å². The van der Waals surface area contributed by atoms with E-state index in [0.29, 0.717) is 34.0 Å². The third kappa shape index (κ3) is 4.82. The van der Waals surface area contributed by atoms with E-state index >= 15 is 0 Å². The summed E-state index contributed by atoms with van der Waals surface area (Å²) in [6.45, 7) is 6.49. The first-order chi connectivity index (χ1) is 19.4. The molecular weight excluding hydrogens is 500 g/mol. The Morgan fingerprint density at radius 1 is 0.900 bits per heavy atom. The minimum Gasteiger partial charge on any atom is -0.380 e. The first kappa shape index (κ1) is 26.0. The van der Waals surface area contributed by atoms with Gasteiger partial charge in [-0.25, -0.2) is 4.90 Å². The molecule has 1 unspecified atom stereocenters. The highest BCUT2D eigenvalue weighted by Gasteiger charge is 2.40. The molecule has 40 heavy (non-hydrogen) atoms. The van der Waals surface area contributed by atoms with Gasteiger partial charge in [0.05, 0.1) is 23.0 Å². The molecule has 3 amide bonds. The van der Waals surface area contributed by atoms with E-state index in [-0.39, 0.29) is 29.8 Å². The molecule has 2 atom stereocenters. The van der Waals surface area contributed by atoms with Gasteiger partial charge in [-0.2, -0.15) is 0 Å². The van der Waals surface area contributed by atoms with Crippen LogP contribution in [0.1, 0.15) is 59.8 Å². The van der Waals surface area contributed by atoms with Gasteiger partial charge in [0.25, 0.3) is 11.8 Å². The summed E-state index contributed by atoms with van der Waals surface area (Å²) in [5.74, 6) is -0.434. The normalized spacial score (nSPS) is 23.4. The second kappa shape index (κ2) is 10.7. The molecule has 204 valence electrons. The number of nitrogens with zero attached hydrogens (tertiary/aromatic N) is 2. The molecule has 0 aliphatic carbocycles. The highest BCUT2D eigenvalue weighted by molar-refractivity contribution is 6.43. The number of amides is 3. The lowest BCUT2D eigenvalue weighted by Gasteiger charge is -2.45. The number of hydrogen-bond donors (Lipinski definition) is 2. The number of rotatable bonds is 6. The van der Waals surface area contributed by atoms with Crippen LogP contribution < -0.4 is 15.5 Å². The lowest BCUT2D eigenvalue weighted by Crippen LogP contribution is -2.55. The van der Waals surface area contributed by atoms with Crippen LogP contribution in [0.4, 0.5) is 5.69 Å². The molecule has 3 saturated heterocycles. The predicted molar refractivity (Wildman–Crippen MR) is 156 cm³/mol. The molecule has 7 heteroatoms. The Morgan fingerprint density at radius 2 is 1.57 bits per heavy atom. The van der Waals surface area contributed by atoms with Crippen molar-refractivity contribution in [3.8, 4) is 0 Å². The molecule has 4 aliphatic rings. The van der Waals surface area contributed by atoms with Crippen molar-refractivity contribution in [3.05, 3.63) is 101 Å². The third-order valence-corrected chi connectivity index (χ3v) is 8.45. The van der Waals surface area contributed by atoms with Gasteiger partial charge in [-0.15, -0.1) is 0 Å². The molecule has 0 saturated carbocycles. The number of anilines is 1. The van der Waals surface area contributed by atoms with Crippen molar-refractivity contribution in [1.82, 2.24) is 15.5 Å². The van der Waals surface area contributed by atoms with E-state index in [1.54, 1.807) is 18.2 Å². The fourth-order valence-electron chi connectivity index (χ4n) is 6.29. The van der Waals surface area contributed by atoms with Crippen LogP contribution in [0.3, 0.4) is 0 Å². The second-order valence-electron chi connectivity index (χ2n) is 11.0.